The topological polar surface area (TPSA) is 117 Å². The Kier molecular flexibility index (Phi) is 14.9. The zero-order valence-corrected chi connectivity index (χ0v) is 27.7. The molecule has 9 nitrogen and oxygen atoms in total. The first-order valence-electron chi connectivity index (χ1n) is 17.0. The van der Waals surface area contributed by atoms with E-state index in [0.29, 0.717) is 18.9 Å². The number of nitrogens with one attached hydrogen (secondary N) is 2. The molecule has 0 saturated carbocycles. The molecule has 0 spiro atoms. The number of anilines is 1. The third-order valence-corrected chi connectivity index (χ3v) is 8.85. The van der Waals surface area contributed by atoms with Gasteiger partial charge in [-0.25, -0.2) is 4.79 Å². The van der Waals surface area contributed by atoms with Crippen LogP contribution < -0.4 is 21.1 Å². The smallest absolute Gasteiger partial charge is 0.319 e. The first-order valence-corrected chi connectivity index (χ1v) is 17.0. The van der Waals surface area contributed by atoms with Gasteiger partial charge in [-0.05, 0) is 89.0 Å². The monoisotopic (exact) mass is 641 g/mol. The molecule has 4 N–H and O–H groups in total. The minimum absolute atomic E-state index is 0.176. The normalized spacial score (nSPS) is 16.0. The number of hydrogen-bond donors (Lipinski definition) is 3. The summed E-state index contributed by atoms with van der Waals surface area (Å²) in [5.74, 6) is 1.22. The van der Waals surface area contributed by atoms with Crippen molar-refractivity contribution in [3.05, 3.63) is 96.1 Å². The molecule has 2 amide bonds. The Labute approximate surface area is 279 Å². The van der Waals surface area contributed by atoms with Gasteiger partial charge in [-0.1, -0.05) is 60.7 Å². The van der Waals surface area contributed by atoms with Gasteiger partial charge in [0.2, 0.25) is 0 Å². The van der Waals surface area contributed by atoms with Gasteiger partial charge in [-0.2, -0.15) is 0 Å². The molecule has 0 unspecified atom stereocenters. The van der Waals surface area contributed by atoms with Crippen molar-refractivity contribution in [3.63, 3.8) is 0 Å². The van der Waals surface area contributed by atoms with E-state index in [-0.39, 0.29) is 23.6 Å². The maximum Gasteiger partial charge on any atom is 0.319 e. The van der Waals surface area contributed by atoms with Crippen molar-refractivity contribution in [2.24, 2.45) is 5.73 Å². The number of benzene rings is 3. The summed E-state index contributed by atoms with van der Waals surface area (Å²) in [4.78, 5) is 41.1. The maximum absolute atomic E-state index is 12.2. The lowest BCUT2D eigenvalue weighted by Crippen LogP contribution is -2.46. The lowest BCUT2D eigenvalue weighted by molar-refractivity contribution is 0.0964. The fourth-order valence-corrected chi connectivity index (χ4v) is 5.97. The van der Waals surface area contributed by atoms with Crippen LogP contribution in [0.15, 0.2) is 84.9 Å². The minimum atomic E-state index is -0.179. The molecular weight excluding hydrogens is 590 g/mol. The van der Waals surface area contributed by atoms with Crippen LogP contribution in [0.4, 0.5) is 10.5 Å². The highest BCUT2D eigenvalue weighted by atomic mass is 16.5. The van der Waals surface area contributed by atoms with Crippen LogP contribution in [0.25, 0.3) is 0 Å². The predicted octanol–water partition coefficient (Wildman–Crippen LogP) is 6.02. The number of urea groups is 1. The van der Waals surface area contributed by atoms with Crippen molar-refractivity contribution >= 4 is 23.3 Å². The van der Waals surface area contributed by atoms with Gasteiger partial charge >= 0.3 is 6.03 Å². The summed E-state index contributed by atoms with van der Waals surface area (Å²) in [5, 5.41) is 5.91. The van der Waals surface area contributed by atoms with Crippen LogP contribution in [0.2, 0.25) is 0 Å². The summed E-state index contributed by atoms with van der Waals surface area (Å²) in [6.45, 7) is 5.98. The lowest BCUT2D eigenvalue weighted by Gasteiger charge is -2.32. The number of methoxy groups -OCH3 is 1. The first-order chi connectivity index (χ1) is 22.9. The SMILES string of the molecule is COc1ccc(NC(=O)NC2CCN(CCCC(=O)c3ccccc3)CC2)cc1.NC1CCN(CCCC(=O)c2ccccc2)CC1. The van der Waals surface area contributed by atoms with Gasteiger partial charge in [-0.15, -0.1) is 0 Å². The van der Waals surface area contributed by atoms with Gasteiger partial charge < -0.3 is 30.9 Å². The molecule has 0 radical (unpaired) electrons. The molecule has 0 aromatic heterocycles. The van der Waals surface area contributed by atoms with E-state index in [1.807, 2.05) is 84.9 Å². The summed E-state index contributed by atoms with van der Waals surface area (Å²) in [5.41, 5.74) is 8.23. The van der Waals surface area contributed by atoms with Gasteiger partial charge in [-0.3, -0.25) is 9.59 Å². The fourth-order valence-electron chi connectivity index (χ4n) is 5.97. The molecule has 5 rings (SSSR count). The molecule has 9 heteroatoms. The number of carbonyl (C=O) groups excluding carboxylic acids is 3. The van der Waals surface area contributed by atoms with E-state index in [4.69, 9.17) is 10.5 Å². The Morgan fingerprint density at radius 1 is 0.702 bits per heavy atom. The van der Waals surface area contributed by atoms with Crippen LogP contribution in [0.3, 0.4) is 0 Å². The second kappa shape index (κ2) is 19.6. The minimum Gasteiger partial charge on any atom is -0.497 e. The van der Waals surface area contributed by atoms with Crippen molar-refractivity contribution in [2.75, 3.05) is 51.7 Å². The Hall–Kier alpha value is -4.05. The number of carbonyl (C=O) groups is 3. The average Bonchev–Trinajstić information content (AvgIpc) is 3.11. The summed E-state index contributed by atoms with van der Waals surface area (Å²) in [6.07, 6.45) is 7.05. The summed E-state index contributed by atoms with van der Waals surface area (Å²) in [6, 6.07) is 26.7. The molecule has 0 bridgehead atoms. The van der Waals surface area contributed by atoms with Crippen LogP contribution in [0.1, 0.15) is 72.1 Å². The molecule has 252 valence electrons. The predicted molar refractivity (Wildman–Crippen MR) is 188 cm³/mol. The van der Waals surface area contributed by atoms with E-state index in [2.05, 4.69) is 20.4 Å². The highest BCUT2D eigenvalue weighted by Crippen LogP contribution is 2.16. The number of ketones is 2. The standard InChI is InChI=1S/C23H29N3O3.C15H22N2O/c1-29-21-11-9-19(10-12-21)24-23(28)25-20-13-16-26(17-14-20)15-5-8-22(27)18-6-3-2-4-7-18;16-14-8-11-17(12-9-14)10-4-7-15(18)13-5-2-1-3-6-13/h2-4,6-7,9-12,20H,5,8,13-17H2,1H3,(H2,24,25,28);1-3,5-6,14H,4,7-12,16H2. The number of nitrogens with two attached hydrogens (primary N) is 1. The number of likely N-dealkylation sites (tertiary alicyclic amines) is 2. The number of amides is 2. The van der Waals surface area contributed by atoms with Gasteiger partial charge in [0.05, 0.1) is 7.11 Å². The second-order valence-corrected chi connectivity index (χ2v) is 12.4. The molecule has 47 heavy (non-hydrogen) atoms. The Bertz CT molecular complexity index is 1350. The van der Waals surface area contributed by atoms with Gasteiger partial charge in [0.15, 0.2) is 11.6 Å². The van der Waals surface area contributed by atoms with Crippen molar-refractivity contribution in [2.45, 2.75) is 63.5 Å². The van der Waals surface area contributed by atoms with E-state index < -0.39 is 0 Å². The number of piperidine rings is 2. The Balaban J connectivity index is 0.000000238. The quantitative estimate of drug-likeness (QED) is 0.196. The van der Waals surface area contributed by atoms with Crippen molar-refractivity contribution < 1.29 is 19.1 Å². The summed E-state index contributed by atoms with van der Waals surface area (Å²) < 4.78 is 5.12. The molecule has 0 aliphatic carbocycles. The van der Waals surface area contributed by atoms with E-state index in [1.54, 1.807) is 7.11 Å². The van der Waals surface area contributed by atoms with Gasteiger partial charge in [0.25, 0.3) is 0 Å². The van der Waals surface area contributed by atoms with Gasteiger partial charge in [0.1, 0.15) is 5.75 Å². The molecule has 2 saturated heterocycles. The number of nitrogens with zero attached hydrogens (tertiary/aromatic N) is 2. The molecule has 2 aliphatic heterocycles. The van der Waals surface area contributed by atoms with Gasteiger partial charge in [0, 0.05) is 54.8 Å². The van der Waals surface area contributed by atoms with E-state index in [0.717, 1.165) is 100 Å². The first kappa shape index (κ1) is 35.8. The van der Waals surface area contributed by atoms with Crippen LogP contribution in [-0.4, -0.2) is 85.9 Å². The fraction of sp³-hybridized carbons (Fsp3) is 0.447. The molecule has 2 aliphatic rings. The molecule has 2 fully saturated rings. The number of rotatable bonds is 13. The average molecular weight is 642 g/mol. The summed E-state index contributed by atoms with van der Waals surface area (Å²) in [7, 11) is 1.61. The molecule has 0 atom stereocenters. The molecule has 2 heterocycles. The number of hydrogen-bond acceptors (Lipinski definition) is 7. The second-order valence-electron chi connectivity index (χ2n) is 12.4. The Morgan fingerprint density at radius 3 is 1.64 bits per heavy atom. The van der Waals surface area contributed by atoms with Crippen molar-refractivity contribution in [1.29, 1.82) is 0 Å². The number of ether oxygens (including phenoxy) is 1. The zero-order valence-electron chi connectivity index (χ0n) is 27.7. The van der Waals surface area contributed by atoms with E-state index in [9.17, 15) is 14.4 Å². The molecular formula is C38H51N5O4. The third-order valence-electron chi connectivity index (χ3n) is 8.85. The Morgan fingerprint density at radius 2 is 1.17 bits per heavy atom. The lowest BCUT2D eigenvalue weighted by atomic mass is 10.0. The van der Waals surface area contributed by atoms with Crippen molar-refractivity contribution in [3.8, 4) is 5.75 Å². The maximum atomic E-state index is 12.2. The molecule has 3 aromatic carbocycles. The van der Waals surface area contributed by atoms with Crippen molar-refractivity contribution in [1.82, 2.24) is 15.1 Å². The zero-order chi connectivity index (χ0) is 33.3. The van der Waals surface area contributed by atoms with Crippen LogP contribution in [-0.2, 0) is 0 Å². The largest absolute Gasteiger partial charge is 0.497 e. The highest BCUT2D eigenvalue weighted by molar-refractivity contribution is 5.96. The van der Waals surface area contributed by atoms with E-state index >= 15 is 0 Å². The third kappa shape index (κ3) is 12.9. The van der Waals surface area contributed by atoms with Crippen LogP contribution >= 0.6 is 0 Å². The molecule has 3 aromatic rings. The van der Waals surface area contributed by atoms with Crippen LogP contribution in [0.5, 0.6) is 5.75 Å². The van der Waals surface area contributed by atoms with E-state index in [1.165, 1.54) is 0 Å². The van der Waals surface area contributed by atoms with Crippen LogP contribution in [0, 0.1) is 0 Å². The summed E-state index contributed by atoms with van der Waals surface area (Å²) >= 11 is 0. The number of Topliss-reactive ketones (excluding diaryl/α,β-unsaturated/α-hetero) is 2. The highest BCUT2D eigenvalue weighted by Gasteiger charge is 2.21.